The van der Waals surface area contributed by atoms with Crippen LogP contribution in [0.2, 0.25) is 0 Å². The standard InChI is InChI=1S/C23H29FN4O2.HI/c1-28(2)22(29)15-26-23(25-14-16-10-19(24)13-21(11-16)30-3)27-20-9-8-17-6-4-5-7-18(17)12-20;/h4-7,10-11,13,20H,8-9,12,14-15H2,1-3H3,(H2,25,26,27);1H. The summed E-state index contributed by atoms with van der Waals surface area (Å²) < 4.78 is 18.9. The number of benzene rings is 2. The molecule has 0 radical (unpaired) electrons. The highest BCUT2D eigenvalue weighted by Crippen LogP contribution is 2.21. The third-order valence-corrected chi connectivity index (χ3v) is 5.18. The van der Waals surface area contributed by atoms with Gasteiger partial charge in [0.25, 0.3) is 0 Å². The summed E-state index contributed by atoms with van der Waals surface area (Å²) in [7, 11) is 4.93. The number of hydrogen-bond acceptors (Lipinski definition) is 3. The number of halogens is 2. The zero-order valence-corrected chi connectivity index (χ0v) is 20.5. The minimum atomic E-state index is -0.367. The van der Waals surface area contributed by atoms with E-state index in [1.165, 1.54) is 35.3 Å². The Bertz CT molecular complexity index is 920. The van der Waals surface area contributed by atoms with E-state index in [1.807, 2.05) is 0 Å². The monoisotopic (exact) mass is 540 g/mol. The highest BCUT2D eigenvalue weighted by atomic mass is 127. The summed E-state index contributed by atoms with van der Waals surface area (Å²) in [5.74, 6) is 0.576. The van der Waals surface area contributed by atoms with E-state index in [-0.39, 0.29) is 54.8 Å². The van der Waals surface area contributed by atoms with Crippen molar-refractivity contribution in [2.75, 3.05) is 27.7 Å². The van der Waals surface area contributed by atoms with Crippen LogP contribution in [0.1, 0.15) is 23.1 Å². The molecule has 0 saturated carbocycles. The maximum Gasteiger partial charge on any atom is 0.241 e. The number of ether oxygens (including phenoxy) is 1. The van der Waals surface area contributed by atoms with Crippen LogP contribution in [-0.4, -0.2) is 50.6 Å². The number of nitrogens with zero attached hydrogens (tertiary/aromatic N) is 2. The van der Waals surface area contributed by atoms with Crippen molar-refractivity contribution in [3.63, 3.8) is 0 Å². The predicted octanol–water partition coefficient (Wildman–Crippen LogP) is 3.13. The van der Waals surface area contributed by atoms with Crippen molar-refractivity contribution in [3.05, 3.63) is 65.0 Å². The van der Waals surface area contributed by atoms with Gasteiger partial charge in [-0.05, 0) is 48.1 Å². The fourth-order valence-electron chi connectivity index (χ4n) is 3.48. The van der Waals surface area contributed by atoms with Gasteiger partial charge in [-0.2, -0.15) is 0 Å². The first kappa shape index (κ1) is 24.9. The van der Waals surface area contributed by atoms with Crippen molar-refractivity contribution in [1.29, 1.82) is 0 Å². The Kier molecular flexibility index (Phi) is 9.54. The van der Waals surface area contributed by atoms with Crippen molar-refractivity contribution in [2.45, 2.75) is 31.8 Å². The molecule has 0 spiro atoms. The van der Waals surface area contributed by atoms with Crippen LogP contribution in [0.25, 0.3) is 0 Å². The lowest BCUT2D eigenvalue weighted by Gasteiger charge is -2.27. The van der Waals surface area contributed by atoms with Crippen LogP contribution in [0.15, 0.2) is 47.5 Å². The summed E-state index contributed by atoms with van der Waals surface area (Å²) in [6, 6.07) is 13.2. The van der Waals surface area contributed by atoms with Gasteiger partial charge in [-0.25, -0.2) is 9.38 Å². The molecule has 2 N–H and O–H groups in total. The van der Waals surface area contributed by atoms with Crippen LogP contribution in [0.5, 0.6) is 5.75 Å². The summed E-state index contributed by atoms with van der Waals surface area (Å²) in [6.07, 6.45) is 2.87. The molecular weight excluding hydrogens is 510 g/mol. The first-order valence-corrected chi connectivity index (χ1v) is 10.1. The zero-order valence-electron chi connectivity index (χ0n) is 18.2. The average Bonchev–Trinajstić information content (AvgIpc) is 2.74. The molecule has 2 aromatic carbocycles. The number of amides is 1. The number of fused-ring (bicyclic) bond motifs is 1. The van der Waals surface area contributed by atoms with E-state index in [4.69, 9.17) is 4.74 Å². The molecule has 1 aliphatic carbocycles. The largest absolute Gasteiger partial charge is 0.497 e. The van der Waals surface area contributed by atoms with Crippen molar-refractivity contribution in [3.8, 4) is 5.75 Å². The topological polar surface area (TPSA) is 66.0 Å². The van der Waals surface area contributed by atoms with Gasteiger partial charge in [0.15, 0.2) is 5.96 Å². The number of rotatable bonds is 6. The molecule has 0 aliphatic heterocycles. The number of hydrogen-bond donors (Lipinski definition) is 2. The second-order valence-corrected chi connectivity index (χ2v) is 7.66. The van der Waals surface area contributed by atoms with Gasteiger partial charge >= 0.3 is 0 Å². The number of aryl methyl sites for hydroxylation is 1. The highest BCUT2D eigenvalue weighted by Gasteiger charge is 2.19. The van der Waals surface area contributed by atoms with Crippen LogP contribution in [0.3, 0.4) is 0 Å². The van der Waals surface area contributed by atoms with Gasteiger partial charge in [-0.15, -0.1) is 24.0 Å². The molecule has 2 aromatic rings. The first-order valence-electron chi connectivity index (χ1n) is 10.1. The minimum absolute atomic E-state index is 0. The number of aliphatic imine (C=N–C) groups is 1. The maximum absolute atomic E-state index is 13.8. The van der Waals surface area contributed by atoms with Gasteiger partial charge in [0, 0.05) is 26.2 Å². The molecule has 0 bridgehead atoms. The lowest BCUT2D eigenvalue weighted by atomic mass is 9.88. The number of carbonyl (C=O) groups excluding carboxylic acids is 1. The Morgan fingerprint density at radius 2 is 1.97 bits per heavy atom. The van der Waals surface area contributed by atoms with Crippen LogP contribution < -0.4 is 15.4 Å². The van der Waals surface area contributed by atoms with Gasteiger partial charge < -0.3 is 20.3 Å². The molecule has 168 valence electrons. The Balaban J connectivity index is 0.00000341. The zero-order chi connectivity index (χ0) is 21.5. The smallest absolute Gasteiger partial charge is 0.241 e. The number of likely N-dealkylation sites (N-methyl/N-ethyl adjacent to an activating group) is 1. The molecule has 1 unspecified atom stereocenters. The van der Waals surface area contributed by atoms with Gasteiger partial charge in [0.1, 0.15) is 11.6 Å². The van der Waals surface area contributed by atoms with E-state index in [0.29, 0.717) is 17.3 Å². The fourth-order valence-corrected chi connectivity index (χ4v) is 3.48. The second kappa shape index (κ2) is 11.9. The molecule has 31 heavy (non-hydrogen) atoms. The molecule has 0 heterocycles. The molecule has 8 heteroatoms. The molecule has 0 fully saturated rings. The van der Waals surface area contributed by atoms with Gasteiger partial charge in [-0.3, -0.25) is 4.79 Å². The van der Waals surface area contributed by atoms with E-state index in [0.717, 1.165) is 19.3 Å². The summed E-state index contributed by atoms with van der Waals surface area (Å²) >= 11 is 0. The first-order chi connectivity index (χ1) is 14.4. The number of nitrogens with one attached hydrogen (secondary N) is 2. The third-order valence-electron chi connectivity index (χ3n) is 5.18. The summed E-state index contributed by atoms with van der Waals surface area (Å²) in [5, 5.41) is 6.56. The van der Waals surface area contributed by atoms with E-state index in [1.54, 1.807) is 20.2 Å². The Labute approximate surface area is 200 Å². The summed E-state index contributed by atoms with van der Waals surface area (Å²) in [6.45, 7) is 0.400. The van der Waals surface area contributed by atoms with Crippen LogP contribution in [0.4, 0.5) is 4.39 Å². The average molecular weight is 540 g/mol. The normalized spacial score (nSPS) is 15.4. The molecule has 6 nitrogen and oxygen atoms in total. The van der Waals surface area contributed by atoms with Crippen molar-refractivity contribution in [2.24, 2.45) is 4.99 Å². The Morgan fingerprint density at radius 3 is 2.68 bits per heavy atom. The van der Waals surface area contributed by atoms with Crippen molar-refractivity contribution < 1.29 is 13.9 Å². The predicted molar refractivity (Wildman–Crippen MR) is 132 cm³/mol. The molecule has 1 atom stereocenters. The molecule has 0 aromatic heterocycles. The third kappa shape index (κ3) is 7.37. The minimum Gasteiger partial charge on any atom is -0.497 e. The number of carbonyl (C=O) groups is 1. The second-order valence-electron chi connectivity index (χ2n) is 7.66. The molecule has 0 saturated heterocycles. The van der Waals surface area contributed by atoms with Gasteiger partial charge in [-0.1, -0.05) is 24.3 Å². The number of methoxy groups -OCH3 is 1. The Hall–Kier alpha value is -2.36. The Morgan fingerprint density at radius 1 is 1.23 bits per heavy atom. The molecule has 1 amide bonds. The lowest BCUT2D eigenvalue weighted by molar-refractivity contribution is -0.127. The fraction of sp³-hybridized carbons (Fsp3) is 0.391. The summed E-state index contributed by atoms with van der Waals surface area (Å²) in [5.41, 5.74) is 3.41. The SMILES string of the molecule is COc1cc(F)cc(CN=C(NCC(=O)N(C)C)NC2CCc3ccccc3C2)c1.I. The van der Waals surface area contributed by atoms with E-state index >= 15 is 0 Å². The summed E-state index contributed by atoms with van der Waals surface area (Å²) in [4.78, 5) is 18.1. The van der Waals surface area contributed by atoms with Gasteiger partial charge in [0.05, 0.1) is 20.2 Å². The quantitative estimate of drug-likeness (QED) is 0.336. The van der Waals surface area contributed by atoms with Crippen molar-refractivity contribution in [1.82, 2.24) is 15.5 Å². The highest BCUT2D eigenvalue weighted by molar-refractivity contribution is 14.0. The van der Waals surface area contributed by atoms with Crippen LogP contribution in [-0.2, 0) is 24.2 Å². The van der Waals surface area contributed by atoms with Gasteiger partial charge in [0.2, 0.25) is 5.91 Å². The molecule has 3 rings (SSSR count). The van der Waals surface area contributed by atoms with E-state index < -0.39 is 0 Å². The lowest BCUT2D eigenvalue weighted by Crippen LogP contribution is -2.48. The number of guanidine groups is 1. The van der Waals surface area contributed by atoms with E-state index in [2.05, 4.69) is 39.9 Å². The van der Waals surface area contributed by atoms with Crippen LogP contribution >= 0.6 is 24.0 Å². The molecular formula is C23H30FIN4O2. The van der Waals surface area contributed by atoms with Crippen molar-refractivity contribution >= 4 is 35.8 Å². The van der Waals surface area contributed by atoms with E-state index in [9.17, 15) is 9.18 Å². The van der Waals surface area contributed by atoms with Crippen LogP contribution in [0, 0.1) is 5.82 Å². The maximum atomic E-state index is 13.8. The molecule has 1 aliphatic rings.